The Kier molecular flexibility index (Phi) is 5.79. The molecule has 0 bridgehead atoms. The van der Waals surface area contributed by atoms with E-state index in [1.165, 1.54) is 24.3 Å². The molecule has 1 amide bonds. The first kappa shape index (κ1) is 19.6. The molecule has 0 unspecified atom stereocenters. The number of benzene rings is 2. The summed E-state index contributed by atoms with van der Waals surface area (Å²) in [6.07, 6.45) is 1.81. The van der Waals surface area contributed by atoms with Gasteiger partial charge in [0.25, 0.3) is 5.91 Å². The van der Waals surface area contributed by atoms with Crippen molar-refractivity contribution in [2.75, 3.05) is 12.9 Å². The molecule has 28 heavy (non-hydrogen) atoms. The second-order valence-electron chi connectivity index (χ2n) is 6.06. The van der Waals surface area contributed by atoms with E-state index in [9.17, 15) is 13.2 Å². The zero-order valence-electron chi connectivity index (χ0n) is 15.6. The minimum Gasteiger partial charge on any atom is -0.497 e. The monoisotopic (exact) mass is 399 g/mol. The van der Waals surface area contributed by atoms with Crippen molar-refractivity contribution < 1.29 is 17.9 Å². The molecule has 1 heterocycles. The molecule has 0 aliphatic rings. The maximum atomic E-state index is 12.3. The summed E-state index contributed by atoms with van der Waals surface area (Å²) in [5.41, 5.74) is 1.98. The largest absolute Gasteiger partial charge is 0.497 e. The van der Waals surface area contributed by atoms with E-state index < -0.39 is 9.84 Å². The van der Waals surface area contributed by atoms with Crippen LogP contribution in [0.3, 0.4) is 0 Å². The molecular formula is C20H21N3O4S. The van der Waals surface area contributed by atoms with Crippen molar-refractivity contribution >= 4 is 15.7 Å². The summed E-state index contributed by atoms with van der Waals surface area (Å²) < 4.78 is 30.5. The van der Waals surface area contributed by atoms with E-state index in [4.69, 9.17) is 4.74 Å². The fourth-order valence-electron chi connectivity index (χ4n) is 2.59. The van der Waals surface area contributed by atoms with Crippen LogP contribution in [0.1, 0.15) is 23.0 Å². The molecule has 0 radical (unpaired) electrons. The number of nitrogens with one attached hydrogen (secondary N) is 1. The molecular weight excluding hydrogens is 378 g/mol. The van der Waals surface area contributed by atoms with Gasteiger partial charge in [-0.25, -0.2) is 13.1 Å². The standard InChI is InChI=1S/C20H21N3O4S/c1-3-28(25,26)19-10-4-15(5-11-19)20(24)21-14-16-12-13-23(22-16)17-6-8-18(27-2)9-7-17/h4-13H,3,14H2,1-2H3,(H,21,24). The average molecular weight is 399 g/mol. The van der Waals surface area contributed by atoms with E-state index in [0.717, 1.165) is 11.4 Å². The van der Waals surface area contributed by atoms with Crippen LogP contribution in [-0.2, 0) is 16.4 Å². The molecule has 0 spiro atoms. The number of methoxy groups -OCH3 is 1. The predicted molar refractivity (Wildman–Crippen MR) is 105 cm³/mol. The van der Waals surface area contributed by atoms with Gasteiger partial charge in [0.15, 0.2) is 9.84 Å². The molecule has 0 saturated carbocycles. The summed E-state index contributed by atoms with van der Waals surface area (Å²) in [5, 5.41) is 7.23. The molecule has 3 rings (SSSR count). The Morgan fingerprint density at radius 2 is 1.75 bits per heavy atom. The highest BCUT2D eigenvalue weighted by Crippen LogP contribution is 2.15. The minimum absolute atomic E-state index is 0.0232. The highest BCUT2D eigenvalue weighted by Gasteiger charge is 2.13. The molecule has 0 aliphatic carbocycles. The summed E-state index contributed by atoms with van der Waals surface area (Å²) in [7, 11) is -1.67. The second kappa shape index (κ2) is 8.26. The van der Waals surface area contributed by atoms with Crippen LogP contribution in [-0.4, -0.2) is 37.0 Å². The molecule has 0 saturated heterocycles. The molecule has 2 aromatic carbocycles. The Balaban J connectivity index is 1.62. The van der Waals surface area contributed by atoms with E-state index >= 15 is 0 Å². The summed E-state index contributed by atoms with van der Waals surface area (Å²) >= 11 is 0. The maximum Gasteiger partial charge on any atom is 0.251 e. The van der Waals surface area contributed by atoms with Crippen LogP contribution < -0.4 is 10.1 Å². The molecule has 1 N–H and O–H groups in total. The van der Waals surface area contributed by atoms with Crippen LogP contribution in [0.2, 0.25) is 0 Å². The lowest BCUT2D eigenvalue weighted by Crippen LogP contribution is -2.23. The number of nitrogens with zero attached hydrogens (tertiary/aromatic N) is 2. The number of hydrogen-bond donors (Lipinski definition) is 1. The third kappa shape index (κ3) is 4.40. The lowest BCUT2D eigenvalue weighted by molar-refractivity contribution is 0.0950. The van der Waals surface area contributed by atoms with Crippen LogP contribution in [0.25, 0.3) is 5.69 Å². The van der Waals surface area contributed by atoms with E-state index in [-0.39, 0.29) is 23.1 Å². The normalized spacial score (nSPS) is 11.2. The molecule has 7 nitrogen and oxygen atoms in total. The van der Waals surface area contributed by atoms with Gasteiger partial charge in [-0.1, -0.05) is 6.92 Å². The van der Waals surface area contributed by atoms with Gasteiger partial charge in [0.1, 0.15) is 5.75 Å². The summed E-state index contributed by atoms with van der Waals surface area (Å²) in [5.74, 6) is 0.496. The zero-order valence-corrected chi connectivity index (χ0v) is 16.4. The van der Waals surface area contributed by atoms with Gasteiger partial charge >= 0.3 is 0 Å². The molecule has 0 aliphatic heterocycles. The van der Waals surface area contributed by atoms with Crippen molar-refractivity contribution in [1.82, 2.24) is 15.1 Å². The second-order valence-corrected chi connectivity index (χ2v) is 8.34. The van der Waals surface area contributed by atoms with Crippen LogP contribution in [0.5, 0.6) is 5.75 Å². The summed E-state index contributed by atoms with van der Waals surface area (Å²) in [6, 6.07) is 15.2. The Morgan fingerprint density at radius 1 is 1.07 bits per heavy atom. The molecule has 3 aromatic rings. The molecule has 8 heteroatoms. The first-order valence-corrected chi connectivity index (χ1v) is 10.4. The SMILES string of the molecule is CCS(=O)(=O)c1ccc(C(=O)NCc2ccn(-c3ccc(OC)cc3)n2)cc1. The van der Waals surface area contributed by atoms with E-state index in [1.54, 1.807) is 18.7 Å². The smallest absolute Gasteiger partial charge is 0.251 e. The van der Waals surface area contributed by atoms with Gasteiger partial charge in [-0.05, 0) is 54.6 Å². The molecule has 0 fully saturated rings. The van der Waals surface area contributed by atoms with Gasteiger partial charge in [-0.3, -0.25) is 4.79 Å². The Bertz CT molecular complexity index is 1060. The van der Waals surface area contributed by atoms with Crippen molar-refractivity contribution in [2.24, 2.45) is 0 Å². The average Bonchev–Trinajstić information content (AvgIpc) is 3.21. The van der Waals surface area contributed by atoms with Gasteiger partial charge in [0.05, 0.1) is 35.7 Å². The number of sulfone groups is 1. The summed E-state index contributed by atoms with van der Waals surface area (Å²) in [6.45, 7) is 1.85. The Labute approximate surface area is 163 Å². The van der Waals surface area contributed by atoms with Crippen LogP contribution in [0.15, 0.2) is 65.7 Å². The van der Waals surface area contributed by atoms with Crippen LogP contribution in [0, 0.1) is 0 Å². The summed E-state index contributed by atoms with van der Waals surface area (Å²) in [4.78, 5) is 12.5. The number of amides is 1. The quantitative estimate of drug-likeness (QED) is 0.660. The van der Waals surface area contributed by atoms with Crippen molar-refractivity contribution in [2.45, 2.75) is 18.4 Å². The van der Waals surface area contributed by atoms with Gasteiger partial charge in [0, 0.05) is 11.8 Å². The number of hydrogen-bond acceptors (Lipinski definition) is 5. The topological polar surface area (TPSA) is 90.3 Å². The number of carbonyl (C=O) groups excluding carboxylic acids is 1. The molecule has 0 atom stereocenters. The third-order valence-electron chi connectivity index (χ3n) is 4.27. The minimum atomic E-state index is -3.28. The van der Waals surface area contributed by atoms with Gasteiger partial charge < -0.3 is 10.1 Å². The van der Waals surface area contributed by atoms with E-state index in [0.29, 0.717) is 11.3 Å². The van der Waals surface area contributed by atoms with Crippen molar-refractivity contribution in [1.29, 1.82) is 0 Å². The van der Waals surface area contributed by atoms with Gasteiger partial charge in [-0.2, -0.15) is 5.10 Å². The van der Waals surface area contributed by atoms with E-state index in [1.807, 2.05) is 36.5 Å². The fraction of sp³-hybridized carbons (Fsp3) is 0.200. The van der Waals surface area contributed by atoms with Crippen molar-refractivity contribution in [3.05, 3.63) is 72.1 Å². The number of ether oxygens (including phenoxy) is 1. The van der Waals surface area contributed by atoms with Crippen molar-refractivity contribution in [3.63, 3.8) is 0 Å². The lowest BCUT2D eigenvalue weighted by Gasteiger charge is -2.06. The van der Waals surface area contributed by atoms with E-state index in [2.05, 4.69) is 10.4 Å². The number of rotatable bonds is 7. The highest BCUT2D eigenvalue weighted by molar-refractivity contribution is 7.91. The van der Waals surface area contributed by atoms with Gasteiger partial charge in [0.2, 0.25) is 0 Å². The van der Waals surface area contributed by atoms with Crippen molar-refractivity contribution in [3.8, 4) is 11.4 Å². The fourth-order valence-corrected chi connectivity index (χ4v) is 3.47. The number of aromatic nitrogens is 2. The third-order valence-corrected chi connectivity index (χ3v) is 6.02. The zero-order chi connectivity index (χ0) is 20.1. The molecule has 1 aromatic heterocycles. The first-order valence-electron chi connectivity index (χ1n) is 8.73. The highest BCUT2D eigenvalue weighted by atomic mass is 32.2. The lowest BCUT2D eigenvalue weighted by atomic mass is 10.2. The number of carbonyl (C=O) groups is 1. The van der Waals surface area contributed by atoms with Gasteiger partial charge in [-0.15, -0.1) is 0 Å². The maximum absolute atomic E-state index is 12.3. The van der Waals surface area contributed by atoms with Crippen LogP contribution in [0.4, 0.5) is 0 Å². The Morgan fingerprint density at radius 3 is 2.36 bits per heavy atom. The molecule has 146 valence electrons. The van der Waals surface area contributed by atoms with Crippen LogP contribution >= 0.6 is 0 Å². The predicted octanol–water partition coefficient (Wildman–Crippen LogP) is 2.60. The Hall–Kier alpha value is -3.13. The first-order chi connectivity index (χ1) is 13.4.